The first-order valence-corrected chi connectivity index (χ1v) is 12.2. The van der Waals surface area contributed by atoms with Crippen LogP contribution in [0.5, 0.6) is 0 Å². The van der Waals surface area contributed by atoms with E-state index in [0.717, 1.165) is 25.9 Å². The molecule has 0 fully saturated rings. The van der Waals surface area contributed by atoms with Crippen LogP contribution in [-0.2, 0) is 27.4 Å². The van der Waals surface area contributed by atoms with Gasteiger partial charge in [0.1, 0.15) is 0 Å². The minimum Gasteiger partial charge on any atom is -0.464 e. The van der Waals surface area contributed by atoms with Crippen molar-refractivity contribution in [1.29, 1.82) is 0 Å². The number of ether oxygens (including phenoxy) is 2. The lowest BCUT2D eigenvalue weighted by Crippen LogP contribution is -2.51. The molecule has 2 aromatic carbocycles. The molecule has 2 aromatic rings. The van der Waals surface area contributed by atoms with Crippen LogP contribution in [0.4, 0.5) is 0 Å². The minimum absolute atomic E-state index is 0.248. The van der Waals surface area contributed by atoms with Crippen LogP contribution in [-0.4, -0.2) is 36.7 Å². The average molecular weight is 440 g/mol. The maximum atomic E-state index is 13.1. The topological polar surface area (TPSA) is 38.8 Å². The number of hydrogen-bond acceptors (Lipinski definition) is 4. The van der Waals surface area contributed by atoms with Crippen LogP contribution in [0.15, 0.2) is 60.7 Å². The van der Waals surface area contributed by atoms with E-state index in [1.165, 1.54) is 36.8 Å². The number of hydrogen-bond donors (Lipinski definition) is 0. The summed E-state index contributed by atoms with van der Waals surface area (Å²) in [6.45, 7) is 6.44. The normalized spacial score (nSPS) is 13.1. The molecular formula is C28H41NO3. The highest BCUT2D eigenvalue weighted by atomic mass is 16.6. The molecule has 2 rings (SSSR count). The Hall–Kier alpha value is -2.17. The Morgan fingerprint density at radius 2 is 1.34 bits per heavy atom. The first kappa shape index (κ1) is 26.1. The first-order valence-electron chi connectivity index (χ1n) is 12.2. The summed E-state index contributed by atoms with van der Waals surface area (Å²) in [5.41, 5.74) is 1.48. The Balaban J connectivity index is 2.18. The summed E-state index contributed by atoms with van der Waals surface area (Å²) in [6.07, 6.45) is 7.71. The number of unbranched alkanes of at least 4 members (excludes halogenated alkanes) is 5. The molecule has 0 aliphatic heterocycles. The highest BCUT2D eigenvalue weighted by molar-refractivity contribution is 5.80. The van der Waals surface area contributed by atoms with Gasteiger partial charge >= 0.3 is 5.97 Å². The number of methoxy groups -OCH3 is 1. The molecule has 1 atom stereocenters. The van der Waals surface area contributed by atoms with Gasteiger partial charge in [-0.1, -0.05) is 99.7 Å². The van der Waals surface area contributed by atoms with Gasteiger partial charge in [-0.3, -0.25) is 4.90 Å². The second kappa shape index (κ2) is 14.8. The third-order valence-electron chi connectivity index (χ3n) is 5.95. The van der Waals surface area contributed by atoms with Crippen molar-refractivity contribution in [2.75, 3.05) is 20.3 Å². The molecule has 32 heavy (non-hydrogen) atoms. The molecule has 0 bridgehead atoms. The van der Waals surface area contributed by atoms with Gasteiger partial charge in [0, 0.05) is 26.7 Å². The van der Waals surface area contributed by atoms with Gasteiger partial charge in [0.05, 0.1) is 6.61 Å². The van der Waals surface area contributed by atoms with Gasteiger partial charge in [-0.2, -0.15) is 0 Å². The molecule has 0 saturated carbocycles. The molecule has 4 nitrogen and oxygen atoms in total. The summed E-state index contributed by atoms with van der Waals surface area (Å²) < 4.78 is 11.5. The molecule has 0 heterocycles. The maximum absolute atomic E-state index is 13.1. The highest BCUT2D eigenvalue weighted by Crippen LogP contribution is 2.25. The zero-order chi connectivity index (χ0) is 23.1. The lowest BCUT2D eigenvalue weighted by molar-refractivity contribution is -0.173. The molecule has 0 N–H and O–H groups in total. The molecule has 0 radical (unpaired) electrons. The summed E-state index contributed by atoms with van der Waals surface area (Å²) in [6, 6.07) is 20.8. The quantitative estimate of drug-likeness (QED) is 0.224. The van der Waals surface area contributed by atoms with Gasteiger partial charge in [0.25, 0.3) is 0 Å². The van der Waals surface area contributed by atoms with E-state index in [-0.39, 0.29) is 5.97 Å². The van der Waals surface area contributed by atoms with Gasteiger partial charge in [-0.05, 0) is 30.9 Å². The number of benzene rings is 2. The van der Waals surface area contributed by atoms with Gasteiger partial charge in [-0.15, -0.1) is 0 Å². The van der Waals surface area contributed by atoms with Crippen molar-refractivity contribution in [3.63, 3.8) is 0 Å². The molecule has 0 saturated heterocycles. The Bertz CT molecular complexity index is 708. The Morgan fingerprint density at radius 1 is 0.812 bits per heavy atom. The molecule has 0 spiro atoms. The van der Waals surface area contributed by atoms with Crippen molar-refractivity contribution in [3.05, 3.63) is 71.8 Å². The second-order valence-electron chi connectivity index (χ2n) is 8.55. The molecule has 0 amide bonds. The highest BCUT2D eigenvalue weighted by Gasteiger charge is 2.41. The molecule has 0 aromatic heterocycles. The van der Waals surface area contributed by atoms with E-state index in [4.69, 9.17) is 9.47 Å². The molecule has 176 valence electrons. The smallest absolute Gasteiger partial charge is 0.339 e. The van der Waals surface area contributed by atoms with Crippen molar-refractivity contribution >= 4 is 5.97 Å². The van der Waals surface area contributed by atoms with Crippen LogP contribution >= 0.6 is 0 Å². The average Bonchev–Trinajstić information content (AvgIpc) is 2.82. The van der Waals surface area contributed by atoms with Crippen LogP contribution in [0.2, 0.25) is 0 Å². The summed E-state index contributed by atoms with van der Waals surface area (Å²) in [7, 11) is 1.65. The van der Waals surface area contributed by atoms with Gasteiger partial charge in [0.2, 0.25) is 0 Å². The molecule has 0 aliphatic rings. The van der Waals surface area contributed by atoms with E-state index >= 15 is 0 Å². The van der Waals surface area contributed by atoms with E-state index in [0.29, 0.717) is 19.6 Å². The SMILES string of the molecule is CCCCCCCC[C@](CN(Cc1ccccc1)Cc1ccccc1)(OC)C(=O)OCC. The third kappa shape index (κ3) is 8.76. The van der Waals surface area contributed by atoms with Gasteiger partial charge in [-0.25, -0.2) is 4.79 Å². The van der Waals surface area contributed by atoms with E-state index in [2.05, 4.69) is 60.4 Å². The second-order valence-corrected chi connectivity index (χ2v) is 8.55. The molecular weight excluding hydrogens is 398 g/mol. The summed E-state index contributed by atoms with van der Waals surface area (Å²) in [5, 5.41) is 0. The van der Waals surface area contributed by atoms with Crippen molar-refractivity contribution in [2.24, 2.45) is 0 Å². The third-order valence-corrected chi connectivity index (χ3v) is 5.95. The van der Waals surface area contributed by atoms with Crippen molar-refractivity contribution in [2.45, 2.75) is 77.5 Å². The molecule has 4 heteroatoms. The van der Waals surface area contributed by atoms with E-state index in [1.807, 2.05) is 19.1 Å². The van der Waals surface area contributed by atoms with Crippen molar-refractivity contribution in [3.8, 4) is 0 Å². The number of esters is 1. The maximum Gasteiger partial charge on any atom is 0.339 e. The largest absolute Gasteiger partial charge is 0.464 e. The number of rotatable bonds is 16. The summed E-state index contributed by atoms with van der Waals surface area (Å²) in [5.74, 6) is -0.248. The van der Waals surface area contributed by atoms with E-state index in [9.17, 15) is 4.79 Å². The first-order chi connectivity index (χ1) is 15.6. The van der Waals surface area contributed by atoms with Crippen LogP contribution in [0.1, 0.15) is 69.9 Å². The van der Waals surface area contributed by atoms with Crippen LogP contribution in [0, 0.1) is 0 Å². The van der Waals surface area contributed by atoms with Crippen molar-refractivity contribution < 1.29 is 14.3 Å². The lowest BCUT2D eigenvalue weighted by atomic mass is 9.93. The van der Waals surface area contributed by atoms with Crippen LogP contribution < -0.4 is 0 Å². The fraction of sp³-hybridized carbons (Fsp3) is 0.536. The Labute approximate surface area is 194 Å². The zero-order valence-corrected chi connectivity index (χ0v) is 20.2. The van der Waals surface area contributed by atoms with Gasteiger partial charge in [0.15, 0.2) is 5.60 Å². The number of nitrogens with zero attached hydrogens (tertiary/aromatic N) is 1. The Kier molecular flexibility index (Phi) is 12.1. The minimum atomic E-state index is -0.954. The van der Waals surface area contributed by atoms with E-state index in [1.54, 1.807) is 7.11 Å². The standard InChI is InChI=1S/C28H41NO3/c1-4-6-7-8-9-16-21-28(31-3,27(30)32-5-2)24-29(22-25-17-12-10-13-18-25)23-26-19-14-11-15-20-26/h10-15,17-20H,4-9,16,21-24H2,1-3H3/t28-/m1/s1. The van der Waals surface area contributed by atoms with Gasteiger partial charge < -0.3 is 9.47 Å². The number of carbonyl (C=O) groups excluding carboxylic acids is 1. The van der Waals surface area contributed by atoms with Crippen LogP contribution in [0.3, 0.4) is 0 Å². The predicted octanol–water partition coefficient (Wildman–Crippen LogP) is 6.39. The molecule has 0 unspecified atom stereocenters. The lowest BCUT2D eigenvalue weighted by Gasteiger charge is -2.35. The number of carbonyl (C=O) groups is 1. The van der Waals surface area contributed by atoms with Crippen LogP contribution in [0.25, 0.3) is 0 Å². The zero-order valence-electron chi connectivity index (χ0n) is 20.2. The summed E-state index contributed by atoms with van der Waals surface area (Å²) in [4.78, 5) is 15.4. The van der Waals surface area contributed by atoms with Crippen molar-refractivity contribution in [1.82, 2.24) is 4.90 Å². The Morgan fingerprint density at radius 3 is 1.84 bits per heavy atom. The molecule has 0 aliphatic carbocycles. The monoisotopic (exact) mass is 439 g/mol. The fourth-order valence-corrected chi connectivity index (χ4v) is 4.16. The van der Waals surface area contributed by atoms with E-state index < -0.39 is 5.60 Å². The summed E-state index contributed by atoms with van der Waals surface area (Å²) >= 11 is 0. The predicted molar refractivity (Wildman–Crippen MR) is 131 cm³/mol. The fourth-order valence-electron chi connectivity index (χ4n) is 4.16.